The highest BCUT2D eigenvalue weighted by Gasteiger charge is 2.34. The van der Waals surface area contributed by atoms with Gasteiger partial charge >= 0.3 is 0 Å². The van der Waals surface area contributed by atoms with Crippen molar-refractivity contribution in [1.29, 1.82) is 0 Å². The summed E-state index contributed by atoms with van der Waals surface area (Å²) in [4.78, 5) is 0. The number of ether oxygens (including phenoxy) is 2. The lowest BCUT2D eigenvalue weighted by molar-refractivity contribution is -0.247. The summed E-state index contributed by atoms with van der Waals surface area (Å²) in [5.74, 6) is 0. The molecule has 0 aliphatic carbocycles. The number of rotatable bonds is 1. The molecule has 0 unspecified atom stereocenters. The highest BCUT2D eigenvalue weighted by molar-refractivity contribution is 4.79. The zero-order valence-electron chi connectivity index (χ0n) is 6.73. The van der Waals surface area contributed by atoms with Crippen LogP contribution in [0.5, 0.6) is 0 Å². The van der Waals surface area contributed by atoms with Gasteiger partial charge in [-0.1, -0.05) is 0 Å². The molecule has 0 spiro atoms. The van der Waals surface area contributed by atoms with Crippen LogP contribution in [0.2, 0.25) is 0 Å². The molecule has 4 heteroatoms. The third kappa shape index (κ3) is 1.90. The summed E-state index contributed by atoms with van der Waals surface area (Å²) in [7, 11) is 1.51. The fourth-order valence-electron chi connectivity index (χ4n) is 1.26. The molecule has 4 atom stereocenters. The Hall–Kier alpha value is -0.160. The van der Waals surface area contributed by atoms with Gasteiger partial charge in [-0.2, -0.15) is 0 Å². The Kier molecular flexibility index (Phi) is 2.84. The molecular weight excluding hydrogens is 148 g/mol. The molecule has 4 nitrogen and oxygen atoms in total. The van der Waals surface area contributed by atoms with Crippen LogP contribution in [0, 0.1) is 0 Å². The molecular formula is C7H14O4. The highest BCUT2D eigenvalue weighted by Crippen LogP contribution is 2.20. The smallest absolute Gasteiger partial charge is 0.183 e. The predicted octanol–water partition coefficient (Wildman–Crippen LogP) is -0.510. The van der Waals surface area contributed by atoms with E-state index in [0.29, 0.717) is 6.42 Å². The fraction of sp³-hybridized carbons (Fsp3) is 1.00. The van der Waals surface area contributed by atoms with Crippen molar-refractivity contribution in [3.05, 3.63) is 0 Å². The lowest BCUT2D eigenvalue weighted by Gasteiger charge is -2.34. The van der Waals surface area contributed by atoms with Gasteiger partial charge in [0.1, 0.15) is 6.10 Å². The summed E-state index contributed by atoms with van der Waals surface area (Å²) in [6.45, 7) is 1.83. The quantitative estimate of drug-likeness (QED) is 0.545. The molecule has 0 amide bonds. The molecule has 1 aliphatic heterocycles. The first kappa shape index (κ1) is 8.93. The Bertz CT molecular complexity index is 128. The topological polar surface area (TPSA) is 58.9 Å². The summed E-state index contributed by atoms with van der Waals surface area (Å²) in [6.07, 6.45) is -1.78. The fourth-order valence-corrected chi connectivity index (χ4v) is 1.26. The maximum Gasteiger partial charge on any atom is 0.183 e. The SMILES string of the molecule is CO[C@@H]1C[C@@H](C)O[C@@H](O)[C@H]1O. The van der Waals surface area contributed by atoms with Crippen molar-refractivity contribution in [2.45, 2.75) is 37.9 Å². The Morgan fingerprint density at radius 3 is 2.64 bits per heavy atom. The van der Waals surface area contributed by atoms with Crippen LogP contribution in [0.25, 0.3) is 0 Å². The van der Waals surface area contributed by atoms with Crippen molar-refractivity contribution >= 4 is 0 Å². The largest absolute Gasteiger partial charge is 0.385 e. The molecule has 0 aromatic carbocycles. The Labute approximate surface area is 65.7 Å². The second-order valence-electron chi connectivity index (χ2n) is 2.84. The number of aliphatic hydroxyl groups is 2. The van der Waals surface area contributed by atoms with Crippen LogP contribution in [-0.4, -0.2) is 41.9 Å². The molecule has 1 rings (SSSR count). The third-order valence-electron chi connectivity index (χ3n) is 1.91. The van der Waals surface area contributed by atoms with Gasteiger partial charge in [0.15, 0.2) is 6.29 Å². The molecule has 0 radical (unpaired) electrons. The Morgan fingerprint density at radius 1 is 1.45 bits per heavy atom. The predicted molar refractivity (Wildman–Crippen MR) is 38.0 cm³/mol. The van der Waals surface area contributed by atoms with Crippen molar-refractivity contribution < 1.29 is 19.7 Å². The zero-order chi connectivity index (χ0) is 8.43. The molecule has 0 aromatic heterocycles. The Balaban J connectivity index is 2.51. The van der Waals surface area contributed by atoms with E-state index in [2.05, 4.69) is 0 Å². The van der Waals surface area contributed by atoms with E-state index in [4.69, 9.17) is 14.6 Å². The summed E-state index contributed by atoms with van der Waals surface area (Å²) in [6, 6.07) is 0. The second kappa shape index (κ2) is 3.49. The summed E-state index contributed by atoms with van der Waals surface area (Å²) in [5.41, 5.74) is 0. The van der Waals surface area contributed by atoms with Gasteiger partial charge in [0.05, 0.1) is 12.2 Å². The number of hydrogen-bond acceptors (Lipinski definition) is 4. The lowest BCUT2D eigenvalue weighted by Crippen LogP contribution is -2.48. The van der Waals surface area contributed by atoms with E-state index in [1.165, 1.54) is 7.11 Å². The van der Waals surface area contributed by atoms with Gasteiger partial charge in [-0.05, 0) is 6.92 Å². The molecule has 0 aromatic rings. The molecule has 2 N–H and O–H groups in total. The summed E-state index contributed by atoms with van der Waals surface area (Å²) >= 11 is 0. The van der Waals surface area contributed by atoms with E-state index in [-0.39, 0.29) is 12.2 Å². The molecule has 1 heterocycles. The molecule has 1 saturated heterocycles. The normalized spacial score (nSPS) is 45.8. The van der Waals surface area contributed by atoms with Crippen molar-refractivity contribution in [3.8, 4) is 0 Å². The van der Waals surface area contributed by atoms with E-state index in [1.54, 1.807) is 0 Å². The second-order valence-corrected chi connectivity index (χ2v) is 2.84. The molecule has 0 bridgehead atoms. The van der Waals surface area contributed by atoms with E-state index >= 15 is 0 Å². The van der Waals surface area contributed by atoms with Gasteiger partial charge < -0.3 is 19.7 Å². The van der Waals surface area contributed by atoms with E-state index in [1.807, 2.05) is 6.92 Å². The van der Waals surface area contributed by atoms with Crippen LogP contribution in [-0.2, 0) is 9.47 Å². The monoisotopic (exact) mass is 162 g/mol. The minimum atomic E-state index is -1.11. The van der Waals surface area contributed by atoms with Crippen LogP contribution in [0.15, 0.2) is 0 Å². The van der Waals surface area contributed by atoms with Crippen molar-refractivity contribution in [1.82, 2.24) is 0 Å². The van der Waals surface area contributed by atoms with Crippen LogP contribution >= 0.6 is 0 Å². The van der Waals surface area contributed by atoms with Gasteiger partial charge in [0, 0.05) is 13.5 Å². The van der Waals surface area contributed by atoms with Crippen LogP contribution in [0.4, 0.5) is 0 Å². The van der Waals surface area contributed by atoms with Crippen LogP contribution in [0.3, 0.4) is 0 Å². The number of methoxy groups -OCH3 is 1. The van der Waals surface area contributed by atoms with Crippen molar-refractivity contribution in [3.63, 3.8) is 0 Å². The Morgan fingerprint density at radius 2 is 2.09 bits per heavy atom. The average molecular weight is 162 g/mol. The van der Waals surface area contributed by atoms with E-state index in [9.17, 15) is 5.11 Å². The highest BCUT2D eigenvalue weighted by atomic mass is 16.6. The van der Waals surface area contributed by atoms with Gasteiger partial charge in [0.2, 0.25) is 0 Å². The first-order valence-electron chi connectivity index (χ1n) is 3.69. The summed E-state index contributed by atoms with van der Waals surface area (Å²) in [5, 5.41) is 18.4. The lowest BCUT2D eigenvalue weighted by atomic mass is 10.0. The van der Waals surface area contributed by atoms with Gasteiger partial charge in [-0.3, -0.25) is 0 Å². The standard InChI is InChI=1S/C7H14O4/c1-4-3-5(10-2)6(8)7(9)11-4/h4-9H,3H2,1-2H3/t4-,5-,6+,7-/m1/s1. The third-order valence-corrected chi connectivity index (χ3v) is 1.91. The van der Waals surface area contributed by atoms with Gasteiger partial charge in [-0.15, -0.1) is 0 Å². The van der Waals surface area contributed by atoms with Crippen molar-refractivity contribution in [2.75, 3.05) is 7.11 Å². The number of hydrogen-bond donors (Lipinski definition) is 2. The minimum Gasteiger partial charge on any atom is -0.385 e. The molecule has 0 saturated carbocycles. The molecule has 11 heavy (non-hydrogen) atoms. The van der Waals surface area contributed by atoms with Crippen molar-refractivity contribution in [2.24, 2.45) is 0 Å². The maximum atomic E-state index is 9.26. The molecule has 1 fully saturated rings. The van der Waals surface area contributed by atoms with Gasteiger partial charge in [-0.25, -0.2) is 0 Å². The average Bonchev–Trinajstić information content (AvgIpc) is 1.96. The zero-order valence-corrected chi connectivity index (χ0v) is 6.73. The van der Waals surface area contributed by atoms with Gasteiger partial charge in [0.25, 0.3) is 0 Å². The first-order chi connectivity index (χ1) is 5.15. The van der Waals surface area contributed by atoms with Crippen LogP contribution < -0.4 is 0 Å². The molecule has 1 aliphatic rings. The minimum absolute atomic E-state index is 0.0571. The van der Waals surface area contributed by atoms with E-state index in [0.717, 1.165) is 0 Å². The van der Waals surface area contributed by atoms with Crippen LogP contribution in [0.1, 0.15) is 13.3 Å². The summed E-state index contributed by atoms with van der Waals surface area (Å²) < 4.78 is 9.91. The first-order valence-corrected chi connectivity index (χ1v) is 3.69. The number of aliphatic hydroxyl groups excluding tert-OH is 2. The maximum absolute atomic E-state index is 9.26. The molecule has 66 valence electrons. The van der Waals surface area contributed by atoms with E-state index < -0.39 is 12.4 Å².